The lowest BCUT2D eigenvalue weighted by molar-refractivity contribution is 1.33. The maximum atomic E-state index is 6.11. The van der Waals surface area contributed by atoms with Gasteiger partial charge >= 0.3 is 0 Å². The standard InChI is InChI=1S/C13H7BrCl2N2/c14-8-3-1-7(2-4-8)13-17-11-6-9(15)5-10(16)12(11)18-13/h1-6H,(H,17,18). The van der Waals surface area contributed by atoms with Crippen LogP contribution in [0.4, 0.5) is 0 Å². The van der Waals surface area contributed by atoms with Crippen molar-refractivity contribution in [3.05, 3.63) is 50.9 Å². The summed E-state index contributed by atoms with van der Waals surface area (Å²) in [4.78, 5) is 7.71. The molecule has 0 spiro atoms. The molecule has 2 nitrogen and oxygen atoms in total. The average Bonchev–Trinajstić information content (AvgIpc) is 2.74. The molecule has 3 aromatic rings. The summed E-state index contributed by atoms with van der Waals surface area (Å²) >= 11 is 15.5. The van der Waals surface area contributed by atoms with Gasteiger partial charge in [0.2, 0.25) is 0 Å². The van der Waals surface area contributed by atoms with Crippen LogP contribution in [0.5, 0.6) is 0 Å². The van der Waals surface area contributed by atoms with E-state index in [0.29, 0.717) is 10.0 Å². The molecule has 2 aromatic carbocycles. The van der Waals surface area contributed by atoms with E-state index in [9.17, 15) is 0 Å². The highest BCUT2D eigenvalue weighted by molar-refractivity contribution is 9.10. The summed E-state index contributed by atoms with van der Waals surface area (Å²) < 4.78 is 1.03. The maximum absolute atomic E-state index is 6.11. The molecule has 0 radical (unpaired) electrons. The number of nitrogens with zero attached hydrogens (tertiary/aromatic N) is 1. The number of rotatable bonds is 1. The normalized spacial score (nSPS) is 11.1. The third kappa shape index (κ3) is 2.14. The average molecular weight is 342 g/mol. The van der Waals surface area contributed by atoms with Crippen LogP contribution >= 0.6 is 39.1 Å². The zero-order valence-electron chi connectivity index (χ0n) is 9.05. The van der Waals surface area contributed by atoms with Crippen molar-refractivity contribution in [1.82, 2.24) is 9.97 Å². The van der Waals surface area contributed by atoms with E-state index in [1.54, 1.807) is 6.07 Å². The van der Waals surface area contributed by atoms with Crippen molar-refractivity contribution < 1.29 is 0 Å². The highest BCUT2D eigenvalue weighted by Gasteiger charge is 2.09. The molecule has 0 aliphatic rings. The summed E-state index contributed by atoms with van der Waals surface area (Å²) in [5.41, 5.74) is 2.57. The first-order valence-electron chi connectivity index (χ1n) is 5.24. The molecule has 3 rings (SSSR count). The molecule has 0 aliphatic heterocycles. The zero-order chi connectivity index (χ0) is 12.7. The van der Waals surface area contributed by atoms with Crippen molar-refractivity contribution in [3.63, 3.8) is 0 Å². The first kappa shape index (κ1) is 12.0. The second-order valence-electron chi connectivity index (χ2n) is 3.88. The number of nitrogens with one attached hydrogen (secondary N) is 1. The highest BCUT2D eigenvalue weighted by atomic mass is 79.9. The van der Waals surface area contributed by atoms with E-state index >= 15 is 0 Å². The lowest BCUT2D eigenvalue weighted by atomic mass is 10.2. The summed E-state index contributed by atoms with van der Waals surface area (Å²) in [6.07, 6.45) is 0. The van der Waals surface area contributed by atoms with E-state index in [4.69, 9.17) is 23.2 Å². The molecule has 1 aromatic heterocycles. The number of hydrogen-bond acceptors (Lipinski definition) is 1. The Morgan fingerprint density at radius 1 is 1.06 bits per heavy atom. The number of imidazole rings is 1. The Morgan fingerprint density at radius 2 is 1.78 bits per heavy atom. The number of benzene rings is 2. The second kappa shape index (κ2) is 4.57. The van der Waals surface area contributed by atoms with Gasteiger partial charge in [0.1, 0.15) is 11.3 Å². The lowest BCUT2D eigenvalue weighted by Gasteiger charge is -1.95. The number of H-pyrrole nitrogens is 1. The first-order chi connectivity index (χ1) is 8.63. The Bertz CT molecular complexity index is 720. The fourth-order valence-electron chi connectivity index (χ4n) is 1.79. The molecule has 0 saturated carbocycles. The molecule has 0 atom stereocenters. The number of aromatic nitrogens is 2. The van der Waals surface area contributed by atoms with Gasteiger partial charge in [-0.15, -0.1) is 0 Å². The van der Waals surface area contributed by atoms with Gasteiger partial charge in [0.05, 0.1) is 10.5 Å². The smallest absolute Gasteiger partial charge is 0.138 e. The van der Waals surface area contributed by atoms with Crippen molar-refractivity contribution in [2.45, 2.75) is 0 Å². The molecule has 0 fully saturated rings. The fourth-order valence-corrected chi connectivity index (χ4v) is 2.59. The van der Waals surface area contributed by atoms with E-state index in [0.717, 1.165) is 26.9 Å². The Morgan fingerprint density at radius 3 is 2.50 bits per heavy atom. The van der Waals surface area contributed by atoms with Crippen molar-refractivity contribution in [2.75, 3.05) is 0 Å². The predicted molar refractivity (Wildman–Crippen MR) is 79.2 cm³/mol. The molecule has 0 bridgehead atoms. The largest absolute Gasteiger partial charge is 0.338 e. The van der Waals surface area contributed by atoms with Crippen molar-refractivity contribution in [1.29, 1.82) is 0 Å². The van der Waals surface area contributed by atoms with Gasteiger partial charge in [-0.2, -0.15) is 0 Å². The molecular formula is C13H7BrCl2N2. The molecule has 0 aliphatic carbocycles. The van der Waals surface area contributed by atoms with Crippen LogP contribution in [-0.2, 0) is 0 Å². The fraction of sp³-hybridized carbons (Fsp3) is 0. The van der Waals surface area contributed by atoms with Crippen LogP contribution in [0.15, 0.2) is 40.9 Å². The van der Waals surface area contributed by atoms with E-state index in [2.05, 4.69) is 25.9 Å². The molecule has 18 heavy (non-hydrogen) atoms. The summed E-state index contributed by atoms with van der Waals surface area (Å²) in [6.45, 7) is 0. The van der Waals surface area contributed by atoms with E-state index in [1.807, 2.05) is 30.3 Å². The second-order valence-corrected chi connectivity index (χ2v) is 5.64. The van der Waals surface area contributed by atoms with E-state index < -0.39 is 0 Å². The van der Waals surface area contributed by atoms with Crippen LogP contribution in [0.2, 0.25) is 10.0 Å². The quantitative estimate of drug-likeness (QED) is 0.639. The summed E-state index contributed by atoms with van der Waals surface area (Å²) in [7, 11) is 0. The Labute approximate surface area is 122 Å². The minimum absolute atomic E-state index is 0.553. The Hall–Kier alpha value is -1.03. The SMILES string of the molecule is Clc1cc(Cl)c2nc(-c3ccc(Br)cc3)[nH]c2c1. The summed E-state index contributed by atoms with van der Waals surface area (Å²) in [5, 5.41) is 1.15. The van der Waals surface area contributed by atoms with Crippen molar-refractivity contribution in [3.8, 4) is 11.4 Å². The number of hydrogen-bond donors (Lipinski definition) is 1. The van der Waals surface area contributed by atoms with Gasteiger partial charge in [0.25, 0.3) is 0 Å². The maximum Gasteiger partial charge on any atom is 0.138 e. The van der Waals surface area contributed by atoms with Gasteiger partial charge in [-0.1, -0.05) is 51.3 Å². The first-order valence-corrected chi connectivity index (χ1v) is 6.79. The molecular weight excluding hydrogens is 335 g/mol. The summed E-state index contributed by atoms with van der Waals surface area (Å²) in [6, 6.07) is 11.4. The van der Waals surface area contributed by atoms with Gasteiger partial charge in [-0.25, -0.2) is 4.98 Å². The van der Waals surface area contributed by atoms with E-state index in [1.165, 1.54) is 0 Å². The Kier molecular flexibility index (Phi) is 3.06. The molecule has 1 N–H and O–H groups in total. The highest BCUT2D eigenvalue weighted by Crippen LogP contribution is 2.29. The Balaban J connectivity index is 2.19. The molecule has 1 heterocycles. The van der Waals surface area contributed by atoms with Gasteiger partial charge in [-0.3, -0.25) is 0 Å². The number of fused-ring (bicyclic) bond motifs is 1. The predicted octanol–water partition coefficient (Wildman–Crippen LogP) is 5.30. The van der Waals surface area contributed by atoms with Crippen LogP contribution < -0.4 is 0 Å². The molecule has 0 saturated heterocycles. The number of aromatic amines is 1. The molecule has 0 amide bonds. The van der Waals surface area contributed by atoms with Gasteiger partial charge in [0.15, 0.2) is 0 Å². The van der Waals surface area contributed by atoms with Gasteiger partial charge < -0.3 is 4.98 Å². The summed E-state index contributed by atoms with van der Waals surface area (Å²) in [5.74, 6) is 0.779. The molecule has 0 unspecified atom stereocenters. The number of halogens is 3. The van der Waals surface area contributed by atoms with Crippen LogP contribution in [0.25, 0.3) is 22.4 Å². The lowest BCUT2D eigenvalue weighted by Crippen LogP contribution is -1.79. The van der Waals surface area contributed by atoms with Crippen LogP contribution in [-0.4, -0.2) is 9.97 Å². The van der Waals surface area contributed by atoms with Gasteiger partial charge in [0, 0.05) is 15.1 Å². The topological polar surface area (TPSA) is 28.7 Å². The monoisotopic (exact) mass is 340 g/mol. The minimum Gasteiger partial charge on any atom is -0.338 e. The third-order valence-electron chi connectivity index (χ3n) is 2.62. The van der Waals surface area contributed by atoms with Gasteiger partial charge in [-0.05, 0) is 24.3 Å². The van der Waals surface area contributed by atoms with Crippen LogP contribution in [0, 0.1) is 0 Å². The zero-order valence-corrected chi connectivity index (χ0v) is 12.1. The van der Waals surface area contributed by atoms with Crippen molar-refractivity contribution in [2.24, 2.45) is 0 Å². The third-order valence-corrected chi connectivity index (χ3v) is 3.66. The van der Waals surface area contributed by atoms with Crippen molar-refractivity contribution >= 4 is 50.2 Å². The van der Waals surface area contributed by atoms with Crippen LogP contribution in [0.1, 0.15) is 0 Å². The molecule has 5 heteroatoms. The van der Waals surface area contributed by atoms with Crippen LogP contribution in [0.3, 0.4) is 0 Å². The molecule has 90 valence electrons. The van der Waals surface area contributed by atoms with E-state index in [-0.39, 0.29) is 0 Å². The minimum atomic E-state index is 0.553.